The van der Waals surface area contributed by atoms with Gasteiger partial charge in [0.2, 0.25) is 0 Å². The van der Waals surface area contributed by atoms with Gasteiger partial charge in [-0.05, 0) is 42.7 Å². The summed E-state index contributed by atoms with van der Waals surface area (Å²) in [5.41, 5.74) is 1.13. The number of benzene rings is 2. The lowest BCUT2D eigenvalue weighted by atomic mass is 10.2. The van der Waals surface area contributed by atoms with E-state index < -0.39 is 0 Å². The molecule has 1 heterocycles. The van der Waals surface area contributed by atoms with Gasteiger partial charge in [-0.1, -0.05) is 30.3 Å². The van der Waals surface area contributed by atoms with Crippen molar-refractivity contribution in [1.29, 1.82) is 0 Å². The molecule has 1 atom stereocenters. The quantitative estimate of drug-likeness (QED) is 0.395. The van der Waals surface area contributed by atoms with Gasteiger partial charge in [0, 0.05) is 33.4 Å². The lowest BCUT2D eigenvalue weighted by Gasteiger charge is -2.14. The van der Waals surface area contributed by atoms with Crippen LogP contribution >= 0.6 is 0 Å². The van der Waals surface area contributed by atoms with Gasteiger partial charge in [0.1, 0.15) is 11.5 Å². The van der Waals surface area contributed by atoms with E-state index >= 15 is 0 Å². The largest absolute Gasteiger partial charge is 0.457 e. The number of ether oxygens (including phenoxy) is 3. The van der Waals surface area contributed by atoms with Gasteiger partial charge < -0.3 is 24.8 Å². The van der Waals surface area contributed by atoms with Crippen molar-refractivity contribution in [2.75, 3.05) is 33.4 Å². The van der Waals surface area contributed by atoms with Crippen LogP contribution in [0.15, 0.2) is 59.6 Å². The zero-order chi connectivity index (χ0) is 19.4. The zero-order valence-corrected chi connectivity index (χ0v) is 16.4. The summed E-state index contributed by atoms with van der Waals surface area (Å²) < 4.78 is 17.0. The molecule has 6 nitrogen and oxygen atoms in total. The Kier molecular flexibility index (Phi) is 8.15. The van der Waals surface area contributed by atoms with E-state index in [4.69, 9.17) is 14.2 Å². The van der Waals surface area contributed by atoms with E-state index in [9.17, 15) is 0 Å². The van der Waals surface area contributed by atoms with Crippen molar-refractivity contribution >= 4 is 5.96 Å². The molecule has 3 rings (SSSR count). The van der Waals surface area contributed by atoms with Crippen molar-refractivity contribution in [2.45, 2.75) is 25.5 Å². The molecule has 1 aliphatic rings. The fourth-order valence-corrected chi connectivity index (χ4v) is 2.92. The van der Waals surface area contributed by atoms with Crippen LogP contribution in [0.3, 0.4) is 0 Å². The highest BCUT2D eigenvalue weighted by Gasteiger charge is 2.15. The monoisotopic (exact) mass is 383 g/mol. The number of hydrogen-bond acceptors (Lipinski definition) is 4. The fraction of sp³-hybridized carbons (Fsp3) is 0.409. The molecule has 1 fully saturated rings. The Morgan fingerprint density at radius 3 is 2.75 bits per heavy atom. The predicted octanol–water partition coefficient (Wildman–Crippen LogP) is 3.34. The molecule has 1 unspecified atom stereocenters. The minimum atomic E-state index is 0.266. The van der Waals surface area contributed by atoms with Gasteiger partial charge in [0.05, 0.1) is 12.7 Å². The van der Waals surface area contributed by atoms with E-state index in [1.54, 1.807) is 7.05 Å². The molecular formula is C22H29N3O3. The van der Waals surface area contributed by atoms with E-state index in [-0.39, 0.29) is 6.10 Å². The van der Waals surface area contributed by atoms with Gasteiger partial charge in [-0.15, -0.1) is 0 Å². The van der Waals surface area contributed by atoms with Crippen LogP contribution in [0.25, 0.3) is 0 Å². The van der Waals surface area contributed by atoms with E-state index in [0.29, 0.717) is 6.54 Å². The highest BCUT2D eigenvalue weighted by Crippen LogP contribution is 2.21. The van der Waals surface area contributed by atoms with E-state index in [2.05, 4.69) is 21.7 Å². The van der Waals surface area contributed by atoms with Crippen LogP contribution in [0, 0.1) is 0 Å². The standard InChI is InChI=1S/C22H29N3O3/c1-23-22(24-12-6-13-27-21-11-14-26-17-21)25-16-18-7-5-10-20(15-18)28-19-8-3-2-4-9-19/h2-5,7-10,15,21H,6,11-14,16-17H2,1H3,(H2,23,24,25). The first-order chi connectivity index (χ1) is 13.8. The molecule has 0 amide bonds. The number of para-hydroxylation sites is 1. The Morgan fingerprint density at radius 1 is 1.11 bits per heavy atom. The average Bonchev–Trinajstić information content (AvgIpc) is 3.25. The Labute approximate surface area is 166 Å². The summed E-state index contributed by atoms with van der Waals surface area (Å²) in [6, 6.07) is 17.8. The second kappa shape index (κ2) is 11.3. The molecule has 1 saturated heterocycles. The van der Waals surface area contributed by atoms with E-state index in [1.807, 2.05) is 48.5 Å². The molecule has 2 N–H and O–H groups in total. The number of nitrogens with one attached hydrogen (secondary N) is 2. The molecule has 0 bridgehead atoms. The second-order valence-electron chi connectivity index (χ2n) is 6.63. The normalized spacial score (nSPS) is 16.8. The minimum Gasteiger partial charge on any atom is -0.457 e. The van der Waals surface area contributed by atoms with Crippen LogP contribution in [0.4, 0.5) is 0 Å². The van der Waals surface area contributed by atoms with Crippen molar-refractivity contribution in [3.05, 3.63) is 60.2 Å². The summed E-state index contributed by atoms with van der Waals surface area (Å²) in [7, 11) is 1.77. The maximum absolute atomic E-state index is 5.89. The average molecular weight is 383 g/mol. The summed E-state index contributed by atoms with van der Waals surface area (Å²) in [5.74, 6) is 2.43. The van der Waals surface area contributed by atoms with E-state index in [0.717, 1.165) is 62.2 Å². The Bertz CT molecular complexity index is 731. The van der Waals surface area contributed by atoms with Gasteiger partial charge >= 0.3 is 0 Å². The highest BCUT2D eigenvalue weighted by molar-refractivity contribution is 5.79. The zero-order valence-electron chi connectivity index (χ0n) is 16.4. The summed E-state index contributed by atoms with van der Waals surface area (Å²) in [6.45, 7) is 3.75. The lowest BCUT2D eigenvalue weighted by Crippen LogP contribution is -2.37. The maximum atomic E-state index is 5.89. The Balaban J connectivity index is 1.37. The van der Waals surface area contributed by atoms with Gasteiger partial charge in [-0.2, -0.15) is 0 Å². The molecule has 150 valence electrons. The Morgan fingerprint density at radius 2 is 1.96 bits per heavy atom. The molecular weight excluding hydrogens is 354 g/mol. The fourth-order valence-electron chi connectivity index (χ4n) is 2.92. The van der Waals surface area contributed by atoms with Crippen LogP contribution in [0.5, 0.6) is 11.5 Å². The first-order valence-corrected chi connectivity index (χ1v) is 9.79. The number of hydrogen-bond donors (Lipinski definition) is 2. The minimum absolute atomic E-state index is 0.266. The smallest absolute Gasteiger partial charge is 0.191 e. The summed E-state index contributed by atoms with van der Waals surface area (Å²) in [5, 5.41) is 6.65. The third-order valence-corrected chi connectivity index (χ3v) is 4.42. The van der Waals surface area contributed by atoms with Crippen molar-refractivity contribution in [3.8, 4) is 11.5 Å². The molecule has 0 saturated carbocycles. The van der Waals surface area contributed by atoms with Crippen molar-refractivity contribution in [1.82, 2.24) is 10.6 Å². The molecule has 0 radical (unpaired) electrons. The van der Waals surface area contributed by atoms with Crippen LogP contribution in [0.2, 0.25) is 0 Å². The van der Waals surface area contributed by atoms with E-state index in [1.165, 1.54) is 0 Å². The first-order valence-electron chi connectivity index (χ1n) is 9.79. The summed E-state index contributed by atoms with van der Waals surface area (Å²) >= 11 is 0. The molecule has 6 heteroatoms. The number of guanidine groups is 1. The molecule has 1 aliphatic heterocycles. The summed E-state index contributed by atoms with van der Waals surface area (Å²) in [6.07, 6.45) is 2.20. The third kappa shape index (κ3) is 6.87. The number of nitrogens with zero attached hydrogens (tertiary/aromatic N) is 1. The first kappa shape index (κ1) is 20.2. The SMILES string of the molecule is CN=C(NCCCOC1CCOC1)NCc1cccc(Oc2ccccc2)c1. The van der Waals surface area contributed by atoms with Crippen LogP contribution in [-0.4, -0.2) is 45.5 Å². The van der Waals surface area contributed by atoms with Crippen LogP contribution in [0.1, 0.15) is 18.4 Å². The number of rotatable bonds is 9. The van der Waals surface area contributed by atoms with Gasteiger partial charge in [-0.3, -0.25) is 4.99 Å². The van der Waals surface area contributed by atoms with Gasteiger partial charge in [-0.25, -0.2) is 0 Å². The lowest BCUT2D eigenvalue weighted by molar-refractivity contribution is 0.0420. The van der Waals surface area contributed by atoms with Gasteiger partial charge in [0.15, 0.2) is 5.96 Å². The van der Waals surface area contributed by atoms with Crippen LogP contribution in [-0.2, 0) is 16.0 Å². The number of aliphatic imine (C=N–C) groups is 1. The molecule has 2 aromatic carbocycles. The Hall–Kier alpha value is -2.57. The van der Waals surface area contributed by atoms with Crippen molar-refractivity contribution in [2.24, 2.45) is 4.99 Å². The second-order valence-corrected chi connectivity index (χ2v) is 6.63. The third-order valence-electron chi connectivity index (χ3n) is 4.42. The molecule has 2 aromatic rings. The molecule has 28 heavy (non-hydrogen) atoms. The van der Waals surface area contributed by atoms with Crippen LogP contribution < -0.4 is 15.4 Å². The molecule has 0 aliphatic carbocycles. The van der Waals surface area contributed by atoms with Crippen molar-refractivity contribution in [3.63, 3.8) is 0 Å². The predicted molar refractivity (Wildman–Crippen MR) is 111 cm³/mol. The summed E-state index contributed by atoms with van der Waals surface area (Å²) in [4.78, 5) is 4.27. The topological polar surface area (TPSA) is 64.1 Å². The molecule has 0 aromatic heterocycles. The molecule has 0 spiro atoms. The van der Waals surface area contributed by atoms with Gasteiger partial charge in [0.25, 0.3) is 0 Å². The highest BCUT2D eigenvalue weighted by atomic mass is 16.5. The maximum Gasteiger partial charge on any atom is 0.191 e. The van der Waals surface area contributed by atoms with Crippen molar-refractivity contribution < 1.29 is 14.2 Å².